The van der Waals surface area contributed by atoms with Crippen molar-refractivity contribution < 1.29 is 14.4 Å². The normalized spacial score (nSPS) is 12.4. The van der Waals surface area contributed by atoms with Crippen LogP contribution in [0.5, 0.6) is 0 Å². The number of nitrogens with one attached hydrogen (secondary N) is 1. The van der Waals surface area contributed by atoms with E-state index in [9.17, 15) is 19.6 Å². The molecule has 0 radical (unpaired) electrons. The van der Waals surface area contributed by atoms with Crippen molar-refractivity contribution >= 4 is 5.69 Å². The third-order valence-electron chi connectivity index (χ3n) is 2.40. The first kappa shape index (κ1) is 13.5. The van der Waals surface area contributed by atoms with Gasteiger partial charge in [-0.2, -0.15) is 0 Å². The Morgan fingerprint density at radius 2 is 2.29 bits per heavy atom. The number of aliphatic hydroxyl groups is 1. The molecule has 0 spiro atoms. The standard InChI is InChI=1S/C11H15FN2O3/c1-2-10(15)7-13-6-8-5-9(12)3-4-11(8)14(16)17/h3-5,10,13,15H,2,6-7H2,1H3. The highest BCUT2D eigenvalue weighted by Gasteiger charge is 2.14. The zero-order chi connectivity index (χ0) is 12.8. The molecule has 0 aromatic heterocycles. The summed E-state index contributed by atoms with van der Waals surface area (Å²) in [6.45, 7) is 2.31. The van der Waals surface area contributed by atoms with Gasteiger partial charge in [-0.1, -0.05) is 6.92 Å². The molecule has 6 heteroatoms. The largest absolute Gasteiger partial charge is 0.392 e. The van der Waals surface area contributed by atoms with Gasteiger partial charge >= 0.3 is 0 Å². The van der Waals surface area contributed by atoms with E-state index in [4.69, 9.17) is 0 Å². The van der Waals surface area contributed by atoms with Crippen LogP contribution in [0, 0.1) is 15.9 Å². The fourth-order valence-corrected chi connectivity index (χ4v) is 1.39. The Morgan fingerprint density at radius 3 is 2.88 bits per heavy atom. The molecule has 1 aromatic carbocycles. The summed E-state index contributed by atoms with van der Waals surface area (Å²) in [5.41, 5.74) is 0.156. The van der Waals surface area contributed by atoms with Crippen molar-refractivity contribution in [2.24, 2.45) is 0 Å². The number of hydrogen-bond acceptors (Lipinski definition) is 4. The van der Waals surface area contributed by atoms with Gasteiger partial charge in [0.15, 0.2) is 0 Å². The van der Waals surface area contributed by atoms with E-state index in [0.717, 1.165) is 18.2 Å². The van der Waals surface area contributed by atoms with Crippen molar-refractivity contribution in [2.75, 3.05) is 6.54 Å². The third-order valence-corrected chi connectivity index (χ3v) is 2.40. The number of halogens is 1. The first-order chi connectivity index (χ1) is 8.04. The Labute approximate surface area is 98.4 Å². The van der Waals surface area contributed by atoms with Gasteiger partial charge in [0.1, 0.15) is 5.82 Å². The second-order valence-electron chi connectivity index (χ2n) is 3.72. The number of nitro benzene ring substituents is 1. The molecular formula is C11H15FN2O3. The zero-order valence-electron chi connectivity index (χ0n) is 9.52. The zero-order valence-corrected chi connectivity index (χ0v) is 9.52. The van der Waals surface area contributed by atoms with Crippen molar-refractivity contribution in [1.82, 2.24) is 5.32 Å². The maximum Gasteiger partial charge on any atom is 0.274 e. The quantitative estimate of drug-likeness (QED) is 0.586. The summed E-state index contributed by atoms with van der Waals surface area (Å²) >= 11 is 0. The second kappa shape index (κ2) is 6.27. The molecule has 0 bridgehead atoms. The molecule has 0 aliphatic rings. The highest BCUT2D eigenvalue weighted by atomic mass is 19.1. The summed E-state index contributed by atoms with van der Waals surface area (Å²) in [5.74, 6) is -0.511. The molecule has 0 saturated carbocycles. The average molecular weight is 242 g/mol. The molecule has 5 nitrogen and oxygen atoms in total. The number of aliphatic hydroxyl groups excluding tert-OH is 1. The molecule has 94 valence electrons. The van der Waals surface area contributed by atoms with E-state index in [0.29, 0.717) is 13.0 Å². The van der Waals surface area contributed by atoms with E-state index in [-0.39, 0.29) is 17.8 Å². The van der Waals surface area contributed by atoms with Crippen molar-refractivity contribution in [3.8, 4) is 0 Å². The van der Waals surface area contributed by atoms with Crippen LogP contribution in [0.1, 0.15) is 18.9 Å². The lowest BCUT2D eigenvalue weighted by Crippen LogP contribution is -2.26. The summed E-state index contributed by atoms with van der Waals surface area (Å²) in [6, 6.07) is 3.33. The van der Waals surface area contributed by atoms with Gasteiger partial charge in [-0.15, -0.1) is 0 Å². The van der Waals surface area contributed by atoms with Crippen molar-refractivity contribution in [3.63, 3.8) is 0 Å². The highest BCUT2D eigenvalue weighted by Crippen LogP contribution is 2.19. The van der Waals surface area contributed by atoms with Gasteiger partial charge in [0.05, 0.1) is 11.0 Å². The molecule has 17 heavy (non-hydrogen) atoms. The van der Waals surface area contributed by atoms with Crippen LogP contribution < -0.4 is 5.32 Å². The van der Waals surface area contributed by atoms with Gasteiger partial charge in [0.25, 0.3) is 5.69 Å². The molecule has 0 heterocycles. The van der Waals surface area contributed by atoms with E-state index >= 15 is 0 Å². The maximum atomic E-state index is 13.0. The first-order valence-electron chi connectivity index (χ1n) is 5.36. The Kier molecular flexibility index (Phi) is 4.99. The molecule has 0 aliphatic heterocycles. The minimum atomic E-state index is -0.549. The lowest BCUT2D eigenvalue weighted by Gasteiger charge is -2.09. The minimum Gasteiger partial charge on any atom is -0.392 e. The average Bonchev–Trinajstić information content (AvgIpc) is 2.28. The monoisotopic (exact) mass is 242 g/mol. The molecule has 2 N–H and O–H groups in total. The molecule has 1 unspecified atom stereocenters. The smallest absolute Gasteiger partial charge is 0.274 e. The summed E-state index contributed by atoms with van der Waals surface area (Å²) < 4.78 is 13.0. The fraction of sp³-hybridized carbons (Fsp3) is 0.455. The molecule has 1 atom stereocenters. The van der Waals surface area contributed by atoms with Crippen molar-refractivity contribution in [2.45, 2.75) is 26.0 Å². The number of hydrogen-bond donors (Lipinski definition) is 2. The third kappa shape index (κ3) is 4.08. The van der Waals surface area contributed by atoms with Gasteiger partial charge in [0.2, 0.25) is 0 Å². The summed E-state index contributed by atoms with van der Waals surface area (Å²) in [7, 11) is 0. The topological polar surface area (TPSA) is 75.4 Å². The van der Waals surface area contributed by atoms with Gasteiger partial charge < -0.3 is 10.4 Å². The molecule has 0 amide bonds. The van der Waals surface area contributed by atoms with Gasteiger partial charge in [-0.25, -0.2) is 4.39 Å². The molecule has 1 rings (SSSR count). The maximum absolute atomic E-state index is 13.0. The molecular weight excluding hydrogens is 227 g/mol. The van der Waals surface area contributed by atoms with Crippen LogP contribution in [0.25, 0.3) is 0 Å². The Hall–Kier alpha value is -1.53. The van der Waals surface area contributed by atoms with Crippen LogP contribution in [0.4, 0.5) is 10.1 Å². The molecule has 0 aliphatic carbocycles. The highest BCUT2D eigenvalue weighted by molar-refractivity contribution is 5.40. The minimum absolute atomic E-state index is 0.120. The van der Waals surface area contributed by atoms with E-state index in [1.807, 2.05) is 6.92 Å². The van der Waals surface area contributed by atoms with Crippen LogP contribution >= 0.6 is 0 Å². The molecule has 0 saturated heterocycles. The summed E-state index contributed by atoms with van der Waals surface area (Å²) in [5, 5.41) is 22.8. The van der Waals surface area contributed by atoms with Crippen LogP contribution in [0.2, 0.25) is 0 Å². The number of benzene rings is 1. The lowest BCUT2D eigenvalue weighted by atomic mass is 10.1. The Morgan fingerprint density at radius 1 is 1.59 bits per heavy atom. The van der Waals surface area contributed by atoms with Gasteiger partial charge in [-0.05, 0) is 18.6 Å². The van der Waals surface area contributed by atoms with Gasteiger partial charge in [-0.3, -0.25) is 10.1 Å². The molecule has 0 fully saturated rings. The van der Waals surface area contributed by atoms with Crippen LogP contribution in [0.3, 0.4) is 0 Å². The van der Waals surface area contributed by atoms with Crippen molar-refractivity contribution in [1.29, 1.82) is 0 Å². The van der Waals surface area contributed by atoms with E-state index < -0.39 is 16.8 Å². The number of nitrogens with zero attached hydrogens (tertiary/aromatic N) is 1. The predicted octanol–water partition coefficient (Wildman–Crippen LogP) is 1.59. The number of rotatable bonds is 6. The molecule has 1 aromatic rings. The summed E-state index contributed by atoms with van der Waals surface area (Å²) in [4.78, 5) is 10.1. The SMILES string of the molecule is CCC(O)CNCc1cc(F)ccc1[N+](=O)[O-]. The van der Waals surface area contributed by atoms with Crippen LogP contribution in [-0.4, -0.2) is 22.7 Å². The van der Waals surface area contributed by atoms with E-state index in [2.05, 4.69) is 5.32 Å². The predicted molar refractivity (Wildman–Crippen MR) is 61.1 cm³/mol. The first-order valence-corrected chi connectivity index (χ1v) is 5.36. The van der Waals surface area contributed by atoms with Crippen LogP contribution in [-0.2, 0) is 6.54 Å². The summed E-state index contributed by atoms with van der Waals surface area (Å²) in [6.07, 6.45) is 0.0979. The Bertz CT molecular complexity index is 398. The number of nitro groups is 1. The van der Waals surface area contributed by atoms with Crippen molar-refractivity contribution in [3.05, 3.63) is 39.7 Å². The fourth-order valence-electron chi connectivity index (χ4n) is 1.39. The van der Waals surface area contributed by atoms with Crippen LogP contribution in [0.15, 0.2) is 18.2 Å². The lowest BCUT2D eigenvalue weighted by molar-refractivity contribution is -0.385. The van der Waals surface area contributed by atoms with E-state index in [1.54, 1.807) is 0 Å². The van der Waals surface area contributed by atoms with E-state index in [1.165, 1.54) is 0 Å². The Balaban J connectivity index is 2.68. The second-order valence-corrected chi connectivity index (χ2v) is 3.72. The van der Waals surface area contributed by atoms with Gasteiger partial charge in [0, 0.05) is 24.7 Å².